The summed E-state index contributed by atoms with van der Waals surface area (Å²) in [5, 5.41) is 3.10. The van der Waals surface area contributed by atoms with Crippen LogP contribution in [0.5, 0.6) is 0 Å². The molecule has 0 aliphatic rings. The Kier molecular flexibility index (Phi) is 3.13. The van der Waals surface area contributed by atoms with Gasteiger partial charge in [0.15, 0.2) is 5.82 Å². The largest absolute Gasteiger partial charge is 0.368 e. The number of anilines is 1. The van der Waals surface area contributed by atoms with Gasteiger partial charge in [-0.1, -0.05) is 6.92 Å². The number of carbonyl (C=O) groups is 1. The van der Waals surface area contributed by atoms with Crippen LogP contribution in [0.3, 0.4) is 0 Å². The van der Waals surface area contributed by atoms with Crippen molar-refractivity contribution in [1.29, 1.82) is 0 Å². The van der Waals surface area contributed by atoms with Gasteiger partial charge in [0.2, 0.25) is 5.28 Å². The first-order valence-electron chi connectivity index (χ1n) is 3.94. The number of nitrogens with one attached hydrogen (secondary N) is 2. The summed E-state index contributed by atoms with van der Waals surface area (Å²) < 4.78 is 0. The summed E-state index contributed by atoms with van der Waals surface area (Å²) in [5.74, 6) is -0.155. The van der Waals surface area contributed by atoms with Gasteiger partial charge in [0, 0.05) is 6.54 Å². The molecular formula is C7H11ClN4O. The van der Waals surface area contributed by atoms with Gasteiger partial charge >= 0.3 is 0 Å². The second kappa shape index (κ2) is 4.13. The number of imidazole rings is 1. The predicted octanol–water partition coefficient (Wildman–Crippen LogP) is 0.984. The molecule has 72 valence electrons. The molecule has 0 aliphatic carbocycles. The van der Waals surface area contributed by atoms with E-state index in [1.54, 1.807) is 0 Å². The lowest BCUT2D eigenvalue weighted by molar-refractivity contribution is 0.0997. The number of nitrogens with zero attached hydrogens (tertiary/aromatic N) is 1. The zero-order valence-electron chi connectivity index (χ0n) is 7.22. The summed E-state index contributed by atoms with van der Waals surface area (Å²) in [6.45, 7) is 2.73. The molecule has 0 saturated heterocycles. The molecule has 0 aromatic carbocycles. The van der Waals surface area contributed by atoms with Gasteiger partial charge in [-0.2, -0.15) is 0 Å². The van der Waals surface area contributed by atoms with Crippen LogP contribution in [0, 0.1) is 0 Å². The van der Waals surface area contributed by atoms with Crippen molar-refractivity contribution in [3.63, 3.8) is 0 Å². The molecule has 1 aromatic rings. The number of H-pyrrole nitrogens is 1. The van der Waals surface area contributed by atoms with E-state index in [0.29, 0.717) is 5.82 Å². The van der Waals surface area contributed by atoms with Gasteiger partial charge in [-0.15, -0.1) is 0 Å². The van der Waals surface area contributed by atoms with Gasteiger partial charge in [0.05, 0.1) is 0 Å². The van der Waals surface area contributed by atoms with E-state index >= 15 is 0 Å². The molecule has 0 spiro atoms. The summed E-state index contributed by atoms with van der Waals surface area (Å²) in [7, 11) is 0. The first-order chi connectivity index (χ1) is 6.15. The summed E-state index contributed by atoms with van der Waals surface area (Å²) in [4.78, 5) is 17.3. The predicted molar refractivity (Wildman–Crippen MR) is 50.9 cm³/mol. The highest BCUT2D eigenvalue weighted by Gasteiger charge is 2.12. The topological polar surface area (TPSA) is 83.8 Å². The fourth-order valence-corrected chi connectivity index (χ4v) is 1.07. The molecule has 0 fully saturated rings. The van der Waals surface area contributed by atoms with E-state index in [1.165, 1.54) is 0 Å². The fraction of sp³-hybridized carbons (Fsp3) is 0.429. The molecule has 1 aromatic heterocycles. The minimum atomic E-state index is -0.571. The fourth-order valence-electron chi connectivity index (χ4n) is 0.894. The average molecular weight is 203 g/mol. The number of nitrogens with two attached hydrogens (primary N) is 1. The molecule has 6 heteroatoms. The van der Waals surface area contributed by atoms with Crippen molar-refractivity contribution in [2.75, 3.05) is 11.9 Å². The lowest BCUT2D eigenvalue weighted by Crippen LogP contribution is -2.14. The van der Waals surface area contributed by atoms with E-state index in [4.69, 9.17) is 17.3 Å². The summed E-state index contributed by atoms with van der Waals surface area (Å²) in [6.07, 6.45) is 0.933. The van der Waals surface area contributed by atoms with Crippen LogP contribution in [-0.2, 0) is 0 Å². The molecule has 0 radical (unpaired) electrons. The van der Waals surface area contributed by atoms with Crippen LogP contribution in [0.15, 0.2) is 0 Å². The van der Waals surface area contributed by atoms with Crippen molar-refractivity contribution in [3.05, 3.63) is 11.0 Å². The van der Waals surface area contributed by atoms with Crippen LogP contribution in [0.25, 0.3) is 0 Å². The van der Waals surface area contributed by atoms with Crippen LogP contribution in [0.2, 0.25) is 5.28 Å². The van der Waals surface area contributed by atoms with E-state index in [1.807, 2.05) is 6.92 Å². The maximum Gasteiger partial charge on any atom is 0.269 e. The third-order valence-corrected chi connectivity index (χ3v) is 1.64. The van der Waals surface area contributed by atoms with E-state index in [-0.39, 0.29) is 11.0 Å². The second-order valence-corrected chi connectivity index (χ2v) is 2.90. The highest BCUT2D eigenvalue weighted by atomic mass is 35.5. The van der Waals surface area contributed by atoms with Crippen LogP contribution in [0.4, 0.5) is 5.82 Å². The SMILES string of the molecule is CCCNc1nc(Cl)[nH]c1C(N)=O. The number of aromatic nitrogens is 2. The first-order valence-corrected chi connectivity index (χ1v) is 4.32. The Morgan fingerprint density at radius 2 is 2.46 bits per heavy atom. The zero-order valence-corrected chi connectivity index (χ0v) is 7.98. The summed E-state index contributed by atoms with van der Waals surface area (Å²) >= 11 is 5.57. The molecule has 0 unspecified atom stereocenters. The molecule has 1 amide bonds. The van der Waals surface area contributed by atoms with Gasteiger partial charge < -0.3 is 16.0 Å². The standard InChI is InChI=1S/C7H11ClN4O/c1-2-3-10-6-4(5(9)13)11-7(8)12-6/h10H,2-3H2,1H3,(H2,9,13)(H,11,12). The minimum absolute atomic E-state index is 0.160. The maximum absolute atomic E-state index is 10.9. The molecule has 1 rings (SSSR count). The Morgan fingerprint density at radius 1 is 1.77 bits per heavy atom. The minimum Gasteiger partial charge on any atom is -0.368 e. The van der Waals surface area contributed by atoms with Gasteiger partial charge in [0.25, 0.3) is 5.91 Å². The summed E-state index contributed by atoms with van der Waals surface area (Å²) in [6, 6.07) is 0. The van der Waals surface area contributed by atoms with Crippen LogP contribution in [0.1, 0.15) is 23.8 Å². The third kappa shape index (κ3) is 2.35. The monoisotopic (exact) mass is 202 g/mol. The number of halogens is 1. The number of aromatic amines is 1. The highest BCUT2D eigenvalue weighted by Crippen LogP contribution is 2.14. The number of primary amides is 1. The molecule has 0 saturated carbocycles. The second-order valence-electron chi connectivity index (χ2n) is 2.54. The lowest BCUT2D eigenvalue weighted by atomic mass is 10.4. The van der Waals surface area contributed by atoms with E-state index in [9.17, 15) is 4.79 Å². The van der Waals surface area contributed by atoms with Crippen LogP contribution < -0.4 is 11.1 Å². The molecule has 5 nitrogen and oxygen atoms in total. The number of hydrogen-bond acceptors (Lipinski definition) is 3. The average Bonchev–Trinajstić information content (AvgIpc) is 2.43. The summed E-state index contributed by atoms with van der Waals surface area (Å²) in [5.41, 5.74) is 5.31. The maximum atomic E-state index is 10.9. The quantitative estimate of drug-likeness (QED) is 0.681. The molecule has 4 N–H and O–H groups in total. The Morgan fingerprint density at radius 3 is 3.00 bits per heavy atom. The van der Waals surface area contributed by atoms with Gasteiger partial charge in [-0.05, 0) is 18.0 Å². The van der Waals surface area contributed by atoms with Crippen molar-refractivity contribution in [2.45, 2.75) is 13.3 Å². The van der Waals surface area contributed by atoms with Crippen molar-refractivity contribution in [2.24, 2.45) is 5.73 Å². The Labute approximate surface area is 80.7 Å². The normalized spacial score (nSPS) is 10.0. The number of amides is 1. The number of hydrogen-bond donors (Lipinski definition) is 3. The molecular weight excluding hydrogens is 192 g/mol. The smallest absolute Gasteiger partial charge is 0.269 e. The van der Waals surface area contributed by atoms with E-state index in [0.717, 1.165) is 13.0 Å². The number of rotatable bonds is 4. The number of carbonyl (C=O) groups excluding carboxylic acids is 1. The van der Waals surface area contributed by atoms with Gasteiger partial charge in [0.1, 0.15) is 5.69 Å². The van der Waals surface area contributed by atoms with Gasteiger partial charge in [-0.25, -0.2) is 4.98 Å². The molecule has 0 aliphatic heterocycles. The highest BCUT2D eigenvalue weighted by molar-refractivity contribution is 6.28. The van der Waals surface area contributed by atoms with Crippen molar-refractivity contribution in [3.8, 4) is 0 Å². The first kappa shape index (κ1) is 9.85. The molecule has 0 atom stereocenters. The van der Waals surface area contributed by atoms with Gasteiger partial charge in [-0.3, -0.25) is 4.79 Å². The molecule has 0 bridgehead atoms. The Bertz CT molecular complexity index is 309. The van der Waals surface area contributed by atoms with Crippen molar-refractivity contribution in [1.82, 2.24) is 9.97 Å². The third-order valence-electron chi connectivity index (χ3n) is 1.46. The van der Waals surface area contributed by atoms with Crippen molar-refractivity contribution >= 4 is 23.3 Å². The zero-order chi connectivity index (χ0) is 9.84. The Balaban J connectivity index is 2.84. The van der Waals surface area contributed by atoms with Crippen LogP contribution >= 0.6 is 11.6 Å². The van der Waals surface area contributed by atoms with E-state index in [2.05, 4.69) is 15.3 Å². The molecule has 13 heavy (non-hydrogen) atoms. The lowest BCUT2D eigenvalue weighted by Gasteiger charge is -2.00. The van der Waals surface area contributed by atoms with Crippen LogP contribution in [-0.4, -0.2) is 22.4 Å². The Hall–Kier alpha value is -1.23. The van der Waals surface area contributed by atoms with E-state index < -0.39 is 5.91 Å². The van der Waals surface area contributed by atoms with Crippen molar-refractivity contribution < 1.29 is 4.79 Å². The molecule has 1 heterocycles.